The molecule has 2 aromatic rings. The normalized spacial score (nSPS) is 20.9. The summed E-state index contributed by atoms with van der Waals surface area (Å²) in [5, 5.41) is 11.9. The molecule has 126 valence electrons. The SMILES string of the molecule is O=S(=O)(/C=C/c1ccccc1)NC[C@]1(O)CCc2ccccc2C1. The standard InChI is InChI=1S/C19H21NO3S/c21-19(12-10-17-8-4-5-9-18(17)14-19)15-20-24(22,23)13-11-16-6-2-1-3-7-16/h1-9,11,13,20-21H,10,12,14-15H2/b13-11+/t19-/m0/s1. The van der Waals surface area contributed by atoms with E-state index in [2.05, 4.69) is 10.8 Å². The van der Waals surface area contributed by atoms with Gasteiger partial charge in [-0.15, -0.1) is 0 Å². The van der Waals surface area contributed by atoms with Crippen molar-refractivity contribution in [2.24, 2.45) is 0 Å². The van der Waals surface area contributed by atoms with Gasteiger partial charge < -0.3 is 5.11 Å². The molecule has 0 spiro atoms. The second-order valence-electron chi connectivity index (χ2n) is 6.25. The van der Waals surface area contributed by atoms with Crippen LogP contribution in [-0.2, 0) is 22.9 Å². The van der Waals surface area contributed by atoms with Gasteiger partial charge in [0, 0.05) is 18.4 Å². The molecule has 0 saturated carbocycles. The molecule has 0 heterocycles. The highest BCUT2D eigenvalue weighted by molar-refractivity contribution is 7.92. The average molecular weight is 343 g/mol. The Bertz CT molecular complexity index is 831. The van der Waals surface area contributed by atoms with Crippen LogP contribution in [0.25, 0.3) is 6.08 Å². The van der Waals surface area contributed by atoms with E-state index in [-0.39, 0.29) is 6.54 Å². The van der Waals surface area contributed by atoms with Crippen molar-refractivity contribution in [1.29, 1.82) is 0 Å². The van der Waals surface area contributed by atoms with Crippen molar-refractivity contribution in [2.45, 2.75) is 24.9 Å². The van der Waals surface area contributed by atoms with Gasteiger partial charge in [-0.2, -0.15) is 0 Å². The van der Waals surface area contributed by atoms with Gasteiger partial charge in [0.2, 0.25) is 10.0 Å². The van der Waals surface area contributed by atoms with Crippen LogP contribution in [0.5, 0.6) is 0 Å². The van der Waals surface area contributed by atoms with Crippen molar-refractivity contribution in [2.75, 3.05) is 6.54 Å². The lowest BCUT2D eigenvalue weighted by atomic mass is 9.80. The Morgan fingerprint density at radius 1 is 1.04 bits per heavy atom. The monoisotopic (exact) mass is 343 g/mol. The molecule has 2 N–H and O–H groups in total. The molecule has 3 rings (SSSR count). The minimum Gasteiger partial charge on any atom is -0.388 e. The average Bonchev–Trinajstić information content (AvgIpc) is 2.60. The fourth-order valence-corrected chi connectivity index (χ4v) is 3.85. The third-order valence-corrected chi connectivity index (χ3v) is 5.38. The van der Waals surface area contributed by atoms with E-state index in [1.807, 2.05) is 48.5 Å². The predicted octanol–water partition coefficient (Wildman–Crippen LogP) is 2.50. The number of aryl methyl sites for hydroxylation is 1. The van der Waals surface area contributed by atoms with Crippen LogP contribution in [0.4, 0.5) is 0 Å². The van der Waals surface area contributed by atoms with Gasteiger partial charge in [-0.1, -0.05) is 54.6 Å². The van der Waals surface area contributed by atoms with Crippen molar-refractivity contribution in [3.63, 3.8) is 0 Å². The van der Waals surface area contributed by atoms with E-state index in [1.54, 1.807) is 6.08 Å². The lowest BCUT2D eigenvalue weighted by Gasteiger charge is -2.33. The Kier molecular flexibility index (Phi) is 4.85. The molecule has 24 heavy (non-hydrogen) atoms. The molecule has 1 aliphatic rings. The third-order valence-electron chi connectivity index (χ3n) is 4.34. The quantitative estimate of drug-likeness (QED) is 0.876. The summed E-state index contributed by atoms with van der Waals surface area (Å²) in [5.74, 6) is 0. The zero-order valence-corrected chi connectivity index (χ0v) is 14.2. The van der Waals surface area contributed by atoms with Gasteiger partial charge in [0.25, 0.3) is 0 Å². The van der Waals surface area contributed by atoms with Crippen LogP contribution in [-0.4, -0.2) is 25.7 Å². The molecule has 0 aromatic heterocycles. The van der Waals surface area contributed by atoms with Gasteiger partial charge in [-0.05, 0) is 35.6 Å². The summed E-state index contributed by atoms with van der Waals surface area (Å²) in [4.78, 5) is 0. The van der Waals surface area contributed by atoms with Crippen molar-refractivity contribution >= 4 is 16.1 Å². The van der Waals surface area contributed by atoms with E-state index in [9.17, 15) is 13.5 Å². The molecule has 0 amide bonds. The summed E-state index contributed by atoms with van der Waals surface area (Å²) in [6.07, 6.45) is 3.32. The van der Waals surface area contributed by atoms with Gasteiger partial charge in [0.15, 0.2) is 0 Å². The molecule has 5 heteroatoms. The van der Waals surface area contributed by atoms with E-state index in [0.717, 1.165) is 23.0 Å². The third kappa shape index (κ3) is 4.32. The second-order valence-corrected chi connectivity index (χ2v) is 7.90. The first-order chi connectivity index (χ1) is 11.5. The molecule has 1 atom stereocenters. The molecule has 0 bridgehead atoms. The summed E-state index contributed by atoms with van der Waals surface area (Å²) >= 11 is 0. The minimum atomic E-state index is -3.59. The van der Waals surface area contributed by atoms with Crippen LogP contribution in [0.15, 0.2) is 60.0 Å². The van der Waals surface area contributed by atoms with Crippen molar-refractivity contribution < 1.29 is 13.5 Å². The highest BCUT2D eigenvalue weighted by Crippen LogP contribution is 2.28. The molecule has 0 aliphatic heterocycles. The van der Waals surface area contributed by atoms with Gasteiger partial charge >= 0.3 is 0 Å². The largest absolute Gasteiger partial charge is 0.388 e. The number of rotatable bonds is 5. The van der Waals surface area contributed by atoms with Gasteiger partial charge in [-0.25, -0.2) is 13.1 Å². The number of benzene rings is 2. The number of sulfonamides is 1. The van der Waals surface area contributed by atoms with Gasteiger partial charge in [0.1, 0.15) is 0 Å². The maximum absolute atomic E-state index is 12.1. The van der Waals surface area contributed by atoms with Gasteiger partial charge in [-0.3, -0.25) is 0 Å². The fraction of sp³-hybridized carbons (Fsp3) is 0.263. The molecule has 2 aromatic carbocycles. The number of hydrogen-bond acceptors (Lipinski definition) is 3. The van der Waals surface area contributed by atoms with Crippen LogP contribution >= 0.6 is 0 Å². The van der Waals surface area contributed by atoms with Crippen molar-refractivity contribution in [3.8, 4) is 0 Å². The van der Waals surface area contributed by atoms with Gasteiger partial charge in [0.05, 0.1) is 5.60 Å². The first-order valence-electron chi connectivity index (χ1n) is 7.98. The summed E-state index contributed by atoms with van der Waals surface area (Å²) in [6.45, 7) is 0.0167. The number of nitrogens with one attached hydrogen (secondary N) is 1. The van der Waals surface area contributed by atoms with Crippen molar-refractivity contribution in [3.05, 3.63) is 76.7 Å². The smallest absolute Gasteiger partial charge is 0.233 e. The number of fused-ring (bicyclic) bond motifs is 1. The van der Waals surface area contributed by atoms with E-state index >= 15 is 0 Å². The highest BCUT2D eigenvalue weighted by Gasteiger charge is 2.32. The zero-order valence-electron chi connectivity index (χ0n) is 13.4. The van der Waals surface area contributed by atoms with Crippen molar-refractivity contribution in [1.82, 2.24) is 4.72 Å². The van der Waals surface area contributed by atoms with E-state index in [1.165, 1.54) is 5.56 Å². The van der Waals surface area contributed by atoms with E-state index < -0.39 is 15.6 Å². The van der Waals surface area contributed by atoms with Crippen LogP contribution in [0.3, 0.4) is 0 Å². The van der Waals surface area contributed by atoms with E-state index in [4.69, 9.17) is 0 Å². The minimum absolute atomic E-state index is 0.0167. The van der Waals surface area contributed by atoms with Crippen LogP contribution in [0.1, 0.15) is 23.1 Å². The Morgan fingerprint density at radius 3 is 2.46 bits per heavy atom. The molecular formula is C19H21NO3S. The molecule has 0 saturated heterocycles. The maximum atomic E-state index is 12.1. The number of aliphatic hydroxyl groups is 1. The fourth-order valence-electron chi connectivity index (χ4n) is 2.95. The predicted molar refractivity (Wildman–Crippen MR) is 95.8 cm³/mol. The molecule has 1 aliphatic carbocycles. The Hall–Kier alpha value is -1.95. The molecule has 0 fully saturated rings. The summed E-state index contributed by atoms with van der Waals surface area (Å²) in [6, 6.07) is 17.2. The first-order valence-corrected chi connectivity index (χ1v) is 9.52. The molecular weight excluding hydrogens is 322 g/mol. The van der Waals surface area contributed by atoms with Crippen LogP contribution in [0.2, 0.25) is 0 Å². The lowest BCUT2D eigenvalue weighted by molar-refractivity contribution is 0.0318. The lowest BCUT2D eigenvalue weighted by Crippen LogP contribution is -2.46. The Morgan fingerprint density at radius 2 is 1.71 bits per heavy atom. The second kappa shape index (κ2) is 6.89. The Balaban J connectivity index is 1.63. The van der Waals surface area contributed by atoms with E-state index in [0.29, 0.717) is 12.8 Å². The topological polar surface area (TPSA) is 66.4 Å². The highest BCUT2D eigenvalue weighted by atomic mass is 32.2. The summed E-state index contributed by atoms with van der Waals surface area (Å²) in [5.41, 5.74) is 2.09. The Labute approximate surface area is 142 Å². The van der Waals surface area contributed by atoms with Crippen LogP contribution < -0.4 is 4.72 Å². The van der Waals surface area contributed by atoms with Crippen LogP contribution in [0, 0.1) is 0 Å². The summed E-state index contributed by atoms with van der Waals surface area (Å²) in [7, 11) is -3.59. The molecule has 0 unspecified atom stereocenters. The first kappa shape index (κ1) is 16.9. The summed E-state index contributed by atoms with van der Waals surface area (Å²) < 4.78 is 26.8. The molecule has 4 nitrogen and oxygen atoms in total. The number of hydrogen-bond donors (Lipinski definition) is 2. The maximum Gasteiger partial charge on any atom is 0.233 e. The zero-order chi connectivity index (χ0) is 17.0. The molecule has 0 radical (unpaired) electrons.